The number of anilines is 1. The van der Waals surface area contributed by atoms with Crippen molar-refractivity contribution in [2.75, 3.05) is 5.73 Å². The van der Waals surface area contributed by atoms with Crippen LogP contribution in [-0.2, 0) is 11.3 Å². The number of pyridine rings is 1. The fourth-order valence-electron chi connectivity index (χ4n) is 1.43. The number of ether oxygens (including phenoxy) is 1. The van der Waals surface area contributed by atoms with Gasteiger partial charge in [0.05, 0.1) is 11.8 Å². The molecule has 0 aliphatic heterocycles. The molecule has 0 bridgehead atoms. The van der Waals surface area contributed by atoms with Gasteiger partial charge in [0.25, 0.3) is 0 Å². The first-order valence-electron chi connectivity index (χ1n) is 5.27. The highest BCUT2D eigenvalue weighted by molar-refractivity contribution is 5.90. The van der Waals surface area contributed by atoms with E-state index >= 15 is 0 Å². The molecule has 2 aromatic rings. The number of carbonyl (C=O) groups is 1. The van der Waals surface area contributed by atoms with Gasteiger partial charge in [-0.2, -0.15) is 0 Å². The van der Waals surface area contributed by atoms with Crippen molar-refractivity contribution in [3.63, 3.8) is 0 Å². The minimum atomic E-state index is -0.508. The van der Waals surface area contributed by atoms with Crippen LogP contribution in [-0.4, -0.2) is 11.0 Å². The number of aromatic nitrogens is 1. The van der Waals surface area contributed by atoms with Crippen LogP contribution in [0.3, 0.4) is 0 Å². The highest BCUT2D eigenvalue weighted by atomic mass is 19.1. The number of esters is 1. The first kappa shape index (κ1) is 12.0. The van der Waals surface area contributed by atoms with Gasteiger partial charge < -0.3 is 10.5 Å². The largest absolute Gasteiger partial charge is 0.457 e. The van der Waals surface area contributed by atoms with Gasteiger partial charge in [0.1, 0.15) is 12.4 Å². The summed E-state index contributed by atoms with van der Waals surface area (Å²) in [6.07, 6.45) is 2.53. The molecule has 1 aromatic heterocycles. The highest BCUT2D eigenvalue weighted by Crippen LogP contribution is 2.10. The first-order chi connectivity index (χ1) is 8.65. The van der Waals surface area contributed by atoms with Crippen molar-refractivity contribution in [2.45, 2.75) is 6.61 Å². The molecule has 0 fully saturated rings. The second-order valence-corrected chi connectivity index (χ2v) is 3.71. The summed E-state index contributed by atoms with van der Waals surface area (Å²) in [4.78, 5) is 15.3. The number of nitrogens with zero attached hydrogens (tertiary/aromatic N) is 1. The predicted molar refractivity (Wildman–Crippen MR) is 64.2 cm³/mol. The van der Waals surface area contributed by atoms with Crippen molar-refractivity contribution >= 4 is 11.7 Å². The van der Waals surface area contributed by atoms with Crippen LogP contribution in [0.2, 0.25) is 0 Å². The maximum atomic E-state index is 12.8. The molecular weight excluding hydrogens is 235 g/mol. The van der Waals surface area contributed by atoms with Gasteiger partial charge in [0.2, 0.25) is 0 Å². The van der Waals surface area contributed by atoms with Crippen LogP contribution in [0.15, 0.2) is 42.7 Å². The van der Waals surface area contributed by atoms with Crippen molar-refractivity contribution in [3.05, 3.63) is 59.7 Å². The molecule has 1 heterocycles. The van der Waals surface area contributed by atoms with E-state index in [4.69, 9.17) is 10.5 Å². The molecule has 92 valence electrons. The van der Waals surface area contributed by atoms with E-state index < -0.39 is 11.8 Å². The van der Waals surface area contributed by atoms with Gasteiger partial charge in [-0.05, 0) is 24.3 Å². The van der Waals surface area contributed by atoms with E-state index in [2.05, 4.69) is 4.98 Å². The lowest BCUT2D eigenvalue weighted by atomic mass is 10.2. The number of rotatable bonds is 3. The predicted octanol–water partition coefficient (Wildman–Crippen LogP) is 2.16. The van der Waals surface area contributed by atoms with Gasteiger partial charge in [0.15, 0.2) is 0 Å². The van der Waals surface area contributed by atoms with Crippen LogP contribution in [0.1, 0.15) is 15.9 Å². The summed E-state index contributed by atoms with van der Waals surface area (Å²) < 4.78 is 17.9. The molecule has 0 aliphatic rings. The molecule has 5 heteroatoms. The smallest absolute Gasteiger partial charge is 0.338 e. The fraction of sp³-hybridized carbons (Fsp3) is 0.0769. The molecule has 0 atom stereocenters. The molecule has 0 saturated carbocycles. The van der Waals surface area contributed by atoms with Gasteiger partial charge in [-0.1, -0.05) is 6.07 Å². The van der Waals surface area contributed by atoms with Crippen LogP contribution in [0.5, 0.6) is 0 Å². The lowest BCUT2D eigenvalue weighted by Crippen LogP contribution is -2.06. The molecule has 18 heavy (non-hydrogen) atoms. The standard InChI is InChI=1S/C13H11FN2O2/c14-11-4-9(6-16-7-11)8-18-13(17)10-2-1-3-12(15)5-10/h1-7H,8,15H2. The van der Waals surface area contributed by atoms with Crippen LogP contribution < -0.4 is 5.73 Å². The average molecular weight is 246 g/mol. The average Bonchev–Trinajstić information content (AvgIpc) is 2.36. The Bertz CT molecular complexity index is 572. The normalized spacial score (nSPS) is 10.1. The van der Waals surface area contributed by atoms with Crippen molar-refractivity contribution in [1.82, 2.24) is 4.98 Å². The minimum Gasteiger partial charge on any atom is -0.457 e. The molecule has 1 aromatic carbocycles. The zero-order valence-corrected chi connectivity index (χ0v) is 9.47. The Morgan fingerprint density at radius 3 is 2.89 bits per heavy atom. The summed E-state index contributed by atoms with van der Waals surface area (Å²) in [5, 5.41) is 0. The second kappa shape index (κ2) is 5.27. The number of nitrogens with two attached hydrogens (primary N) is 1. The number of carbonyl (C=O) groups excluding carboxylic acids is 1. The third kappa shape index (κ3) is 3.04. The van der Waals surface area contributed by atoms with Crippen LogP contribution >= 0.6 is 0 Å². The first-order valence-corrected chi connectivity index (χ1v) is 5.27. The zero-order valence-electron chi connectivity index (χ0n) is 9.47. The number of nitrogen functional groups attached to an aromatic ring is 1. The van der Waals surface area contributed by atoms with Crippen molar-refractivity contribution in [3.8, 4) is 0 Å². The second-order valence-electron chi connectivity index (χ2n) is 3.71. The van der Waals surface area contributed by atoms with E-state index in [1.54, 1.807) is 18.2 Å². The number of hydrogen-bond donors (Lipinski definition) is 1. The minimum absolute atomic E-state index is 0.0294. The quantitative estimate of drug-likeness (QED) is 0.665. The monoisotopic (exact) mass is 246 g/mol. The third-order valence-electron chi connectivity index (χ3n) is 2.25. The molecule has 2 N–H and O–H groups in total. The lowest BCUT2D eigenvalue weighted by molar-refractivity contribution is 0.0472. The molecule has 0 radical (unpaired) electrons. The van der Waals surface area contributed by atoms with E-state index in [-0.39, 0.29) is 6.61 Å². The molecule has 0 aliphatic carbocycles. The van der Waals surface area contributed by atoms with Crippen LogP contribution in [0, 0.1) is 5.82 Å². The Labute approximate surface area is 103 Å². The van der Waals surface area contributed by atoms with E-state index in [9.17, 15) is 9.18 Å². The van der Waals surface area contributed by atoms with E-state index in [0.29, 0.717) is 16.8 Å². The molecular formula is C13H11FN2O2. The van der Waals surface area contributed by atoms with Crippen molar-refractivity contribution in [2.24, 2.45) is 0 Å². The highest BCUT2D eigenvalue weighted by Gasteiger charge is 2.07. The molecule has 2 rings (SSSR count). The van der Waals surface area contributed by atoms with Gasteiger partial charge in [0, 0.05) is 17.4 Å². The van der Waals surface area contributed by atoms with Gasteiger partial charge >= 0.3 is 5.97 Å². The molecule has 0 unspecified atom stereocenters. The summed E-state index contributed by atoms with van der Waals surface area (Å²) in [5.74, 6) is -0.973. The van der Waals surface area contributed by atoms with Crippen molar-refractivity contribution in [1.29, 1.82) is 0 Å². The maximum Gasteiger partial charge on any atom is 0.338 e. The lowest BCUT2D eigenvalue weighted by Gasteiger charge is -2.05. The number of hydrogen-bond acceptors (Lipinski definition) is 4. The summed E-state index contributed by atoms with van der Waals surface area (Å²) in [7, 11) is 0. The number of benzene rings is 1. The third-order valence-corrected chi connectivity index (χ3v) is 2.25. The van der Waals surface area contributed by atoms with E-state index in [1.807, 2.05) is 0 Å². The molecule has 4 nitrogen and oxygen atoms in total. The Balaban J connectivity index is 2.00. The van der Waals surface area contributed by atoms with Gasteiger partial charge in [-0.3, -0.25) is 4.98 Å². The van der Waals surface area contributed by atoms with Crippen LogP contribution in [0.25, 0.3) is 0 Å². The Morgan fingerprint density at radius 2 is 2.17 bits per heavy atom. The van der Waals surface area contributed by atoms with Gasteiger partial charge in [-0.25, -0.2) is 9.18 Å². The Morgan fingerprint density at radius 1 is 1.33 bits per heavy atom. The SMILES string of the molecule is Nc1cccc(C(=O)OCc2cncc(F)c2)c1. The molecule has 0 saturated heterocycles. The summed E-state index contributed by atoms with van der Waals surface area (Å²) in [5.41, 5.74) is 6.89. The summed E-state index contributed by atoms with van der Waals surface area (Å²) >= 11 is 0. The van der Waals surface area contributed by atoms with Crippen LogP contribution in [0.4, 0.5) is 10.1 Å². The van der Waals surface area contributed by atoms with E-state index in [0.717, 1.165) is 6.20 Å². The van der Waals surface area contributed by atoms with E-state index in [1.165, 1.54) is 18.3 Å². The zero-order chi connectivity index (χ0) is 13.0. The number of halogens is 1. The Hall–Kier alpha value is -2.43. The Kier molecular flexibility index (Phi) is 3.52. The summed E-state index contributed by atoms with van der Waals surface area (Å²) in [6.45, 7) is -0.0294. The fourth-order valence-corrected chi connectivity index (χ4v) is 1.43. The summed E-state index contributed by atoms with van der Waals surface area (Å²) in [6, 6.07) is 7.72. The maximum absolute atomic E-state index is 12.8. The van der Waals surface area contributed by atoms with Crippen molar-refractivity contribution < 1.29 is 13.9 Å². The molecule has 0 spiro atoms. The molecule has 0 amide bonds. The topological polar surface area (TPSA) is 65.2 Å². The van der Waals surface area contributed by atoms with Gasteiger partial charge in [-0.15, -0.1) is 0 Å².